The second-order valence-electron chi connectivity index (χ2n) is 8.05. The molecule has 8 nitrogen and oxygen atoms in total. The largest absolute Gasteiger partial charge is 0.491 e. The summed E-state index contributed by atoms with van der Waals surface area (Å²) in [5.74, 6) is -0.735. The van der Waals surface area contributed by atoms with Crippen molar-refractivity contribution in [2.45, 2.75) is 38.1 Å². The maximum Gasteiger partial charge on any atom is 0.275 e. The van der Waals surface area contributed by atoms with Crippen LogP contribution in [0.25, 0.3) is 0 Å². The molecule has 1 N–H and O–H groups in total. The molecule has 0 aliphatic carbocycles. The van der Waals surface area contributed by atoms with E-state index in [1.165, 1.54) is 13.3 Å². The number of ether oxygens (including phenoxy) is 1. The first-order chi connectivity index (χ1) is 14.6. The zero-order valence-corrected chi connectivity index (χ0v) is 16.8. The second kappa shape index (κ2) is 7.28. The number of nitrogens with one attached hydrogen (secondary N) is 1. The first-order valence-electron chi connectivity index (χ1n) is 10.3. The Morgan fingerprint density at radius 2 is 2.00 bits per heavy atom. The number of hydrogen-bond donors (Lipinski definition) is 1. The summed E-state index contributed by atoms with van der Waals surface area (Å²) < 4.78 is 7.06. The third-order valence-electron chi connectivity index (χ3n) is 6.38. The quantitative estimate of drug-likeness (QED) is 0.818. The molecule has 1 aromatic carbocycles. The van der Waals surface area contributed by atoms with Crippen LogP contribution in [0.4, 0.5) is 0 Å². The minimum atomic E-state index is -0.555. The zero-order chi connectivity index (χ0) is 20.8. The van der Waals surface area contributed by atoms with Crippen molar-refractivity contribution in [3.63, 3.8) is 0 Å². The van der Waals surface area contributed by atoms with E-state index in [4.69, 9.17) is 4.74 Å². The van der Waals surface area contributed by atoms with Gasteiger partial charge in [0.2, 0.25) is 5.43 Å². The third-order valence-corrected chi connectivity index (χ3v) is 6.38. The molecule has 0 radical (unpaired) electrons. The van der Waals surface area contributed by atoms with Crippen LogP contribution in [-0.2, 0) is 13.1 Å². The smallest absolute Gasteiger partial charge is 0.275 e. The van der Waals surface area contributed by atoms with E-state index in [0.29, 0.717) is 25.7 Å². The topological polar surface area (TPSA) is 83.9 Å². The van der Waals surface area contributed by atoms with Gasteiger partial charge in [0.15, 0.2) is 11.4 Å². The number of hydrogen-bond acceptors (Lipinski definition) is 5. The lowest BCUT2D eigenvalue weighted by Crippen LogP contribution is -2.50. The molecule has 2 fully saturated rings. The first-order valence-corrected chi connectivity index (χ1v) is 10.3. The van der Waals surface area contributed by atoms with Gasteiger partial charge in [-0.2, -0.15) is 0 Å². The van der Waals surface area contributed by atoms with E-state index in [1.807, 2.05) is 35.2 Å². The summed E-state index contributed by atoms with van der Waals surface area (Å²) in [6.45, 7) is 2.48. The highest BCUT2D eigenvalue weighted by atomic mass is 16.5. The van der Waals surface area contributed by atoms with Crippen LogP contribution in [-0.4, -0.2) is 58.6 Å². The van der Waals surface area contributed by atoms with Gasteiger partial charge in [-0.1, -0.05) is 30.3 Å². The lowest BCUT2D eigenvalue weighted by molar-refractivity contribution is 0.0513. The van der Waals surface area contributed by atoms with Crippen molar-refractivity contribution in [2.75, 3.05) is 20.2 Å². The Kier molecular flexibility index (Phi) is 4.58. The van der Waals surface area contributed by atoms with E-state index in [2.05, 4.69) is 10.2 Å². The fraction of sp³-hybridized carbons (Fsp3) is 0.409. The molecular formula is C22H24N4O4. The highest BCUT2D eigenvalue weighted by molar-refractivity contribution is 5.99. The Bertz CT molecular complexity index is 1060. The number of benzene rings is 1. The van der Waals surface area contributed by atoms with Gasteiger partial charge < -0.3 is 19.5 Å². The number of aromatic nitrogens is 1. The Morgan fingerprint density at radius 1 is 1.20 bits per heavy atom. The zero-order valence-electron chi connectivity index (χ0n) is 16.8. The summed E-state index contributed by atoms with van der Waals surface area (Å²) in [7, 11) is 1.37. The Labute approximate surface area is 174 Å². The SMILES string of the molecule is COc1c2n(cc(C(=O)NCc3ccccc3)c1=O)C[C@H]1N(C[C@@H]3CCCN31)C2=O. The fourth-order valence-electron chi connectivity index (χ4n) is 4.94. The minimum Gasteiger partial charge on any atom is -0.491 e. The summed E-state index contributed by atoms with van der Waals surface area (Å²) in [5.41, 5.74) is 0.608. The highest BCUT2D eigenvalue weighted by Crippen LogP contribution is 2.35. The highest BCUT2D eigenvalue weighted by Gasteiger charge is 2.48. The van der Waals surface area contributed by atoms with Crippen LogP contribution in [0.3, 0.4) is 0 Å². The molecule has 2 atom stereocenters. The van der Waals surface area contributed by atoms with E-state index < -0.39 is 11.3 Å². The predicted octanol–water partition coefficient (Wildman–Crippen LogP) is 1.05. The Morgan fingerprint density at radius 3 is 2.77 bits per heavy atom. The molecule has 30 heavy (non-hydrogen) atoms. The van der Waals surface area contributed by atoms with Gasteiger partial charge in [-0.05, 0) is 18.4 Å². The van der Waals surface area contributed by atoms with Gasteiger partial charge in [0.25, 0.3) is 11.8 Å². The van der Waals surface area contributed by atoms with E-state index in [9.17, 15) is 14.4 Å². The monoisotopic (exact) mass is 408 g/mol. The summed E-state index contributed by atoms with van der Waals surface area (Å²) in [6, 6.07) is 9.87. The summed E-state index contributed by atoms with van der Waals surface area (Å²) >= 11 is 0. The maximum absolute atomic E-state index is 13.2. The molecule has 0 saturated carbocycles. The molecule has 8 heteroatoms. The molecule has 0 spiro atoms. The molecule has 2 aromatic rings. The number of nitrogens with zero attached hydrogens (tertiary/aromatic N) is 3. The second-order valence-corrected chi connectivity index (χ2v) is 8.05. The lowest BCUT2D eigenvalue weighted by atomic mass is 10.1. The van der Waals surface area contributed by atoms with Crippen molar-refractivity contribution < 1.29 is 14.3 Å². The van der Waals surface area contributed by atoms with Gasteiger partial charge in [0.1, 0.15) is 11.7 Å². The summed E-state index contributed by atoms with van der Waals surface area (Å²) in [5, 5.41) is 2.80. The normalized spacial score (nSPS) is 22.4. The van der Waals surface area contributed by atoms with Gasteiger partial charge in [0, 0.05) is 31.9 Å². The Balaban J connectivity index is 1.48. The number of carbonyl (C=O) groups is 2. The van der Waals surface area contributed by atoms with Crippen LogP contribution in [0.15, 0.2) is 41.3 Å². The van der Waals surface area contributed by atoms with Crippen molar-refractivity contribution in [3.05, 3.63) is 63.6 Å². The summed E-state index contributed by atoms with van der Waals surface area (Å²) in [6.07, 6.45) is 3.69. The van der Waals surface area contributed by atoms with Crippen molar-refractivity contribution in [3.8, 4) is 5.75 Å². The minimum absolute atomic E-state index is 0.0104. The first kappa shape index (κ1) is 18.9. The summed E-state index contributed by atoms with van der Waals surface area (Å²) in [4.78, 5) is 43.2. The third kappa shape index (κ3) is 2.90. The van der Waals surface area contributed by atoms with Gasteiger partial charge in [-0.25, -0.2) is 0 Å². The molecule has 1 aromatic heterocycles. The lowest BCUT2D eigenvalue weighted by Gasteiger charge is -2.36. The Hall–Kier alpha value is -3.13. The van der Waals surface area contributed by atoms with Crippen molar-refractivity contribution in [2.24, 2.45) is 0 Å². The number of rotatable bonds is 4. The number of methoxy groups -OCH3 is 1. The number of pyridine rings is 1. The van der Waals surface area contributed by atoms with E-state index in [0.717, 1.165) is 24.9 Å². The number of amides is 2. The fourth-order valence-corrected chi connectivity index (χ4v) is 4.94. The molecule has 0 bridgehead atoms. The van der Waals surface area contributed by atoms with Crippen LogP contribution in [0.5, 0.6) is 5.75 Å². The maximum atomic E-state index is 13.2. The van der Waals surface area contributed by atoms with Crippen molar-refractivity contribution >= 4 is 11.8 Å². The van der Waals surface area contributed by atoms with Crippen molar-refractivity contribution in [1.82, 2.24) is 19.7 Å². The average Bonchev–Trinajstić information content (AvgIpc) is 3.35. The average molecular weight is 408 g/mol. The van der Waals surface area contributed by atoms with Gasteiger partial charge in [-0.3, -0.25) is 19.3 Å². The van der Waals surface area contributed by atoms with E-state index in [-0.39, 0.29) is 29.1 Å². The van der Waals surface area contributed by atoms with Crippen LogP contribution in [0.1, 0.15) is 39.3 Å². The molecule has 156 valence electrons. The van der Waals surface area contributed by atoms with Gasteiger partial charge in [-0.15, -0.1) is 0 Å². The van der Waals surface area contributed by atoms with Crippen LogP contribution in [0, 0.1) is 0 Å². The molecular weight excluding hydrogens is 384 g/mol. The standard InChI is InChI=1S/C22H24N4O4/c1-30-20-18-22(29)26-11-15-8-5-9-25(15)17(26)13-24(18)12-16(19(20)27)21(28)23-10-14-6-3-2-4-7-14/h2-4,6-7,12,15,17H,5,8-11,13H2,1H3,(H,23,28)/t15-,17+/m0/s1. The van der Waals surface area contributed by atoms with Crippen molar-refractivity contribution in [1.29, 1.82) is 0 Å². The molecule has 2 saturated heterocycles. The van der Waals surface area contributed by atoms with Gasteiger partial charge in [0.05, 0.1) is 13.7 Å². The molecule has 4 heterocycles. The molecule has 2 amide bonds. The molecule has 3 aliphatic rings. The van der Waals surface area contributed by atoms with E-state index in [1.54, 1.807) is 4.57 Å². The molecule has 5 rings (SSSR count). The van der Waals surface area contributed by atoms with Gasteiger partial charge >= 0.3 is 0 Å². The molecule has 0 unspecified atom stereocenters. The number of carbonyl (C=O) groups excluding carboxylic acids is 2. The predicted molar refractivity (Wildman–Crippen MR) is 109 cm³/mol. The van der Waals surface area contributed by atoms with E-state index >= 15 is 0 Å². The van der Waals surface area contributed by atoms with Crippen LogP contribution < -0.4 is 15.5 Å². The number of fused-ring (bicyclic) bond motifs is 4. The molecule has 3 aliphatic heterocycles. The van der Waals surface area contributed by atoms with Crippen LogP contribution in [0.2, 0.25) is 0 Å². The van der Waals surface area contributed by atoms with Crippen LogP contribution >= 0.6 is 0 Å².